The number of nitriles is 1. The summed E-state index contributed by atoms with van der Waals surface area (Å²) in [6, 6.07) is 1.97. The monoisotopic (exact) mass is 149 g/mol. The molecule has 0 saturated heterocycles. The molecule has 1 heterocycles. The molecular weight excluding hydrogens is 140 g/mol. The van der Waals surface area contributed by atoms with E-state index in [9.17, 15) is 0 Å². The Morgan fingerprint density at radius 1 is 1.55 bits per heavy atom. The standard InChI is InChI=1S/C8H9N2O/c1-8(2,3)7-6(4-9)5-11-10-7/h1-3H3. The highest BCUT2D eigenvalue weighted by Gasteiger charge is 2.22. The minimum atomic E-state index is -0.144. The third-order valence-corrected chi connectivity index (χ3v) is 1.34. The molecule has 0 aromatic carbocycles. The summed E-state index contributed by atoms with van der Waals surface area (Å²) < 4.78 is 4.57. The fourth-order valence-electron chi connectivity index (χ4n) is 0.796. The van der Waals surface area contributed by atoms with Gasteiger partial charge >= 0.3 is 0 Å². The van der Waals surface area contributed by atoms with Crippen molar-refractivity contribution in [3.8, 4) is 6.07 Å². The molecule has 1 aromatic heterocycles. The van der Waals surface area contributed by atoms with Gasteiger partial charge in [-0.2, -0.15) is 5.26 Å². The van der Waals surface area contributed by atoms with Crippen LogP contribution in [0.5, 0.6) is 0 Å². The van der Waals surface area contributed by atoms with Crippen LogP contribution in [0.2, 0.25) is 0 Å². The van der Waals surface area contributed by atoms with Crippen LogP contribution in [-0.2, 0) is 5.41 Å². The Morgan fingerprint density at radius 3 is 2.55 bits per heavy atom. The van der Waals surface area contributed by atoms with Crippen molar-refractivity contribution in [3.63, 3.8) is 0 Å². The van der Waals surface area contributed by atoms with Gasteiger partial charge in [0.1, 0.15) is 17.3 Å². The molecule has 0 aliphatic rings. The van der Waals surface area contributed by atoms with Crippen LogP contribution in [0.3, 0.4) is 0 Å². The molecule has 0 atom stereocenters. The Balaban J connectivity index is 3.15. The van der Waals surface area contributed by atoms with E-state index in [1.165, 1.54) is 0 Å². The lowest BCUT2D eigenvalue weighted by atomic mass is 9.90. The van der Waals surface area contributed by atoms with Crippen molar-refractivity contribution in [1.29, 1.82) is 5.26 Å². The molecule has 0 aliphatic carbocycles. The lowest BCUT2D eigenvalue weighted by Gasteiger charge is -2.13. The summed E-state index contributed by atoms with van der Waals surface area (Å²) in [4.78, 5) is 0. The Bertz CT molecular complexity index is 288. The molecule has 0 unspecified atom stereocenters. The van der Waals surface area contributed by atoms with Crippen LogP contribution in [0.25, 0.3) is 0 Å². The highest BCUT2D eigenvalue weighted by atomic mass is 16.5. The highest BCUT2D eigenvalue weighted by molar-refractivity contribution is 5.32. The third kappa shape index (κ3) is 1.40. The molecule has 0 saturated carbocycles. The van der Waals surface area contributed by atoms with Gasteiger partial charge in [-0.1, -0.05) is 25.9 Å². The maximum Gasteiger partial charge on any atom is 0.224 e. The van der Waals surface area contributed by atoms with Gasteiger partial charge in [0, 0.05) is 5.41 Å². The molecule has 1 radical (unpaired) electrons. The van der Waals surface area contributed by atoms with E-state index in [2.05, 4.69) is 15.9 Å². The SMILES string of the molecule is CC(C)(C)c1no[c]c1C#N. The number of aromatic nitrogens is 1. The van der Waals surface area contributed by atoms with Crippen LogP contribution in [0.4, 0.5) is 0 Å². The van der Waals surface area contributed by atoms with E-state index in [-0.39, 0.29) is 5.41 Å². The molecule has 0 spiro atoms. The van der Waals surface area contributed by atoms with Gasteiger partial charge in [0.05, 0.1) is 0 Å². The molecule has 0 bridgehead atoms. The van der Waals surface area contributed by atoms with Crippen LogP contribution >= 0.6 is 0 Å². The average Bonchev–Trinajstić information content (AvgIpc) is 2.31. The largest absolute Gasteiger partial charge is 0.351 e. The van der Waals surface area contributed by atoms with Gasteiger partial charge in [-0.3, -0.25) is 0 Å². The summed E-state index contributed by atoms with van der Waals surface area (Å²) in [5.74, 6) is 0. The van der Waals surface area contributed by atoms with Gasteiger partial charge in [-0.25, -0.2) is 0 Å². The zero-order valence-corrected chi connectivity index (χ0v) is 6.80. The highest BCUT2D eigenvalue weighted by Crippen LogP contribution is 2.22. The maximum atomic E-state index is 8.59. The molecule has 0 N–H and O–H groups in total. The van der Waals surface area contributed by atoms with Gasteiger partial charge < -0.3 is 4.52 Å². The topological polar surface area (TPSA) is 49.8 Å². The first-order chi connectivity index (χ1) is 5.05. The van der Waals surface area contributed by atoms with Gasteiger partial charge in [-0.05, 0) is 0 Å². The Hall–Kier alpha value is -1.30. The molecule has 0 aliphatic heterocycles. The molecule has 1 rings (SSSR count). The van der Waals surface area contributed by atoms with Gasteiger partial charge in [-0.15, -0.1) is 0 Å². The normalized spacial score (nSPS) is 11.1. The van der Waals surface area contributed by atoms with E-state index in [1.807, 2.05) is 26.8 Å². The lowest BCUT2D eigenvalue weighted by molar-refractivity contribution is 0.387. The summed E-state index contributed by atoms with van der Waals surface area (Å²) in [5.41, 5.74) is 0.923. The van der Waals surface area contributed by atoms with Crippen LogP contribution in [0.15, 0.2) is 4.52 Å². The second kappa shape index (κ2) is 2.39. The van der Waals surface area contributed by atoms with Gasteiger partial charge in [0.25, 0.3) is 0 Å². The van der Waals surface area contributed by atoms with Crippen LogP contribution in [-0.4, -0.2) is 5.16 Å². The van der Waals surface area contributed by atoms with E-state index in [4.69, 9.17) is 5.26 Å². The van der Waals surface area contributed by atoms with Crippen LogP contribution in [0, 0.1) is 17.6 Å². The van der Waals surface area contributed by atoms with Crippen molar-refractivity contribution in [2.75, 3.05) is 0 Å². The zero-order valence-electron chi connectivity index (χ0n) is 6.80. The van der Waals surface area contributed by atoms with E-state index in [0.29, 0.717) is 11.3 Å². The van der Waals surface area contributed by atoms with Crippen LogP contribution in [0.1, 0.15) is 32.0 Å². The fourth-order valence-corrected chi connectivity index (χ4v) is 0.796. The second-order valence-electron chi connectivity index (χ2n) is 3.37. The predicted octanol–water partition coefficient (Wildman–Crippen LogP) is 1.64. The molecule has 3 nitrogen and oxygen atoms in total. The van der Waals surface area contributed by atoms with E-state index >= 15 is 0 Å². The van der Waals surface area contributed by atoms with Gasteiger partial charge in [0.2, 0.25) is 6.26 Å². The van der Waals surface area contributed by atoms with Crippen LogP contribution < -0.4 is 0 Å². The first kappa shape index (κ1) is 7.80. The van der Waals surface area contributed by atoms with Crippen molar-refractivity contribution in [3.05, 3.63) is 17.5 Å². The number of rotatable bonds is 0. The predicted molar refractivity (Wildman–Crippen MR) is 38.8 cm³/mol. The Morgan fingerprint density at radius 2 is 2.18 bits per heavy atom. The van der Waals surface area contributed by atoms with E-state index in [1.54, 1.807) is 0 Å². The van der Waals surface area contributed by atoms with Crippen molar-refractivity contribution < 1.29 is 4.52 Å². The van der Waals surface area contributed by atoms with Crippen molar-refractivity contribution in [2.45, 2.75) is 26.2 Å². The lowest BCUT2D eigenvalue weighted by Crippen LogP contribution is -2.13. The first-order valence-electron chi connectivity index (χ1n) is 3.33. The summed E-state index contributed by atoms with van der Waals surface area (Å²) in [6.45, 7) is 5.92. The summed E-state index contributed by atoms with van der Waals surface area (Å²) in [5, 5.41) is 12.3. The summed E-state index contributed by atoms with van der Waals surface area (Å²) in [7, 11) is 0. The maximum absolute atomic E-state index is 8.59. The van der Waals surface area contributed by atoms with E-state index < -0.39 is 0 Å². The molecule has 57 valence electrons. The minimum Gasteiger partial charge on any atom is -0.351 e. The Labute approximate surface area is 65.6 Å². The smallest absolute Gasteiger partial charge is 0.224 e. The number of hydrogen-bond donors (Lipinski definition) is 0. The molecule has 11 heavy (non-hydrogen) atoms. The number of nitrogens with zero attached hydrogens (tertiary/aromatic N) is 2. The van der Waals surface area contributed by atoms with Crippen molar-refractivity contribution in [2.24, 2.45) is 0 Å². The van der Waals surface area contributed by atoms with Gasteiger partial charge in [0.15, 0.2) is 0 Å². The molecular formula is C8H9N2O. The molecule has 3 heteroatoms. The molecule has 1 aromatic rings. The second-order valence-corrected chi connectivity index (χ2v) is 3.37. The van der Waals surface area contributed by atoms with Crippen molar-refractivity contribution in [1.82, 2.24) is 5.16 Å². The zero-order chi connectivity index (χ0) is 8.48. The third-order valence-electron chi connectivity index (χ3n) is 1.34. The molecule has 0 amide bonds. The summed E-state index contributed by atoms with van der Waals surface area (Å²) >= 11 is 0. The first-order valence-corrected chi connectivity index (χ1v) is 3.33. The fraction of sp³-hybridized carbons (Fsp3) is 0.500. The Kier molecular flexibility index (Phi) is 1.69. The van der Waals surface area contributed by atoms with Crippen molar-refractivity contribution >= 4 is 0 Å². The quantitative estimate of drug-likeness (QED) is 0.563. The molecule has 0 fully saturated rings. The minimum absolute atomic E-state index is 0.144. The number of hydrogen-bond acceptors (Lipinski definition) is 3. The van der Waals surface area contributed by atoms with E-state index in [0.717, 1.165) is 0 Å². The summed E-state index contributed by atoms with van der Waals surface area (Å²) in [6.07, 6.45) is 2.41. The average molecular weight is 149 g/mol.